The highest BCUT2D eigenvalue weighted by molar-refractivity contribution is 5.78. The summed E-state index contributed by atoms with van der Waals surface area (Å²) in [6.07, 6.45) is 3.92. The topological polar surface area (TPSA) is 111 Å². The van der Waals surface area contributed by atoms with Crippen molar-refractivity contribution in [1.29, 1.82) is 0 Å². The molecule has 1 heterocycles. The van der Waals surface area contributed by atoms with Crippen LogP contribution in [0.3, 0.4) is 0 Å². The monoisotopic (exact) mass is 264 g/mol. The van der Waals surface area contributed by atoms with Crippen LogP contribution in [0.1, 0.15) is 24.8 Å². The van der Waals surface area contributed by atoms with Crippen molar-refractivity contribution in [3.63, 3.8) is 0 Å². The number of aromatic nitrogens is 1. The van der Waals surface area contributed by atoms with E-state index in [1.165, 1.54) is 6.07 Å². The van der Waals surface area contributed by atoms with Crippen molar-refractivity contribution in [2.75, 3.05) is 5.32 Å². The van der Waals surface area contributed by atoms with Gasteiger partial charge in [-0.15, -0.1) is 0 Å². The molecule has 2 atom stereocenters. The fraction of sp³-hybridized carbons (Fsp3) is 0.500. The van der Waals surface area contributed by atoms with E-state index in [1.54, 1.807) is 13.1 Å². The normalized spacial score (nSPS) is 22.2. The zero-order valence-electron chi connectivity index (χ0n) is 10.6. The van der Waals surface area contributed by atoms with E-state index in [-0.39, 0.29) is 29.4 Å². The molecule has 0 saturated heterocycles. The number of carbonyl (C=O) groups is 1. The van der Waals surface area contributed by atoms with Gasteiger partial charge in [-0.25, -0.2) is 4.98 Å². The van der Waals surface area contributed by atoms with Crippen LogP contribution in [0.2, 0.25) is 0 Å². The number of nitrogens with one attached hydrogen (secondary N) is 1. The van der Waals surface area contributed by atoms with Gasteiger partial charge in [-0.3, -0.25) is 14.9 Å². The van der Waals surface area contributed by atoms with E-state index in [0.29, 0.717) is 6.42 Å². The highest BCUT2D eigenvalue weighted by Crippen LogP contribution is 2.31. The van der Waals surface area contributed by atoms with Crippen LogP contribution in [-0.4, -0.2) is 21.9 Å². The summed E-state index contributed by atoms with van der Waals surface area (Å²) >= 11 is 0. The summed E-state index contributed by atoms with van der Waals surface area (Å²) in [5, 5.41) is 14.0. The molecular formula is C12H16N4O3. The first-order valence-corrected chi connectivity index (χ1v) is 6.16. The van der Waals surface area contributed by atoms with E-state index in [0.717, 1.165) is 18.4 Å². The van der Waals surface area contributed by atoms with E-state index in [4.69, 9.17) is 5.73 Å². The summed E-state index contributed by atoms with van der Waals surface area (Å²) in [6.45, 7) is 1.74. The van der Waals surface area contributed by atoms with Gasteiger partial charge in [0.15, 0.2) is 0 Å². The van der Waals surface area contributed by atoms with E-state index < -0.39 is 4.92 Å². The van der Waals surface area contributed by atoms with Crippen molar-refractivity contribution in [1.82, 2.24) is 4.98 Å². The molecule has 1 aliphatic rings. The van der Waals surface area contributed by atoms with Crippen molar-refractivity contribution in [2.24, 2.45) is 11.7 Å². The first kappa shape index (κ1) is 13.3. The third kappa shape index (κ3) is 2.81. The quantitative estimate of drug-likeness (QED) is 0.630. The third-order valence-electron chi connectivity index (χ3n) is 3.40. The lowest BCUT2D eigenvalue weighted by molar-refractivity contribution is -0.384. The number of rotatable bonds is 4. The maximum Gasteiger partial charge on any atom is 0.311 e. The fourth-order valence-electron chi connectivity index (χ4n) is 2.45. The largest absolute Gasteiger partial charge is 0.369 e. The maximum atomic E-state index is 11.3. The molecule has 1 aromatic rings. The van der Waals surface area contributed by atoms with Crippen LogP contribution < -0.4 is 11.1 Å². The van der Waals surface area contributed by atoms with Crippen molar-refractivity contribution < 1.29 is 9.72 Å². The van der Waals surface area contributed by atoms with Crippen LogP contribution >= 0.6 is 0 Å². The number of hydrogen-bond donors (Lipinski definition) is 2. The van der Waals surface area contributed by atoms with Crippen LogP contribution in [0.15, 0.2) is 12.3 Å². The molecule has 7 nitrogen and oxygen atoms in total. The van der Waals surface area contributed by atoms with E-state index in [9.17, 15) is 14.9 Å². The molecule has 0 spiro atoms. The second-order valence-electron chi connectivity index (χ2n) is 4.83. The van der Waals surface area contributed by atoms with Crippen molar-refractivity contribution in [3.8, 4) is 0 Å². The first-order valence-electron chi connectivity index (χ1n) is 6.16. The number of nitrogens with two attached hydrogens (primary N) is 1. The Balaban J connectivity index is 2.23. The minimum atomic E-state index is -0.476. The van der Waals surface area contributed by atoms with Gasteiger partial charge < -0.3 is 11.1 Å². The summed E-state index contributed by atoms with van der Waals surface area (Å²) < 4.78 is 0. The zero-order chi connectivity index (χ0) is 14.0. The molecule has 2 rings (SSSR count). The molecule has 3 N–H and O–H groups in total. The zero-order valence-corrected chi connectivity index (χ0v) is 10.6. The molecule has 0 radical (unpaired) electrons. The number of primary amides is 1. The van der Waals surface area contributed by atoms with Gasteiger partial charge in [0.1, 0.15) is 0 Å². The number of hydrogen-bond acceptors (Lipinski definition) is 5. The average molecular weight is 264 g/mol. The number of carbonyl (C=O) groups excluding carboxylic acids is 1. The van der Waals surface area contributed by atoms with Gasteiger partial charge in [-0.1, -0.05) is 6.42 Å². The first-order chi connectivity index (χ1) is 8.99. The molecule has 0 bridgehead atoms. The van der Waals surface area contributed by atoms with Gasteiger partial charge in [-0.2, -0.15) is 0 Å². The van der Waals surface area contributed by atoms with Crippen LogP contribution in [0.5, 0.6) is 0 Å². The summed E-state index contributed by atoms with van der Waals surface area (Å²) in [5.74, 6) is -0.457. The van der Waals surface area contributed by atoms with Gasteiger partial charge in [0.25, 0.3) is 0 Å². The Labute approximate surface area is 110 Å². The Morgan fingerprint density at radius 3 is 2.95 bits per heavy atom. The molecule has 0 unspecified atom stereocenters. The molecule has 0 aliphatic heterocycles. The van der Waals surface area contributed by atoms with Crippen molar-refractivity contribution in [2.45, 2.75) is 32.2 Å². The number of amides is 1. The molecule has 1 aromatic heterocycles. The van der Waals surface area contributed by atoms with Crippen molar-refractivity contribution in [3.05, 3.63) is 27.9 Å². The number of nitrogens with zero attached hydrogens (tertiary/aromatic N) is 2. The van der Waals surface area contributed by atoms with E-state index >= 15 is 0 Å². The molecule has 1 aliphatic carbocycles. The Hall–Kier alpha value is -2.18. The Kier molecular flexibility index (Phi) is 3.64. The standard InChI is InChI=1S/C12H16N4O3/c1-7-5-10(16(18)19)12(14-6-7)15-9-4-2-3-8(9)11(13)17/h5-6,8-9H,2-4H2,1H3,(H2,13,17)(H,14,15)/t8-,9-/m0/s1. The predicted octanol–water partition coefficient (Wildman–Crippen LogP) is 1.36. The van der Waals surface area contributed by atoms with Crippen LogP contribution in [0.25, 0.3) is 0 Å². The minimum Gasteiger partial charge on any atom is -0.369 e. The maximum absolute atomic E-state index is 11.3. The Bertz CT molecular complexity index is 518. The molecule has 19 heavy (non-hydrogen) atoms. The molecular weight excluding hydrogens is 248 g/mol. The molecule has 1 amide bonds. The highest BCUT2D eigenvalue weighted by atomic mass is 16.6. The summed E-state index contributed by atoms with van der Waals surface area (Å²) in [7, 11) is 0. The molecule has 0 aromatic carbocycles. The third-order valence-corrected chi connectivity index (χ3v) is 3.40. The lowest BCUT2D eigenvalue weighted by Crippen LogP contribution is -2.34. The SMILES string of the molecule is Cc1cnc(N[C@H]2CCC[C@@H]2C(N)=O)c([N+](=O)[O-])c1. The summed E-state index contributed by atoms with van der Waals surface area (Å²) in [5.41, 5.74) is 5.97. The van der Waals surface area contributed by atoms with Gasteiger partial charge in [0.2, 0.25) is 11.7 Å². The van der Waals surface area contributed by atoms with Crippen LogP contribution in [-0.2, 0) is 4.79 Å². The molecule has 102 valence electrons. The van der Waals surface area contributed by atoms with Gasteiger partial charge in [0, 0.05) is 18.3 Å². The minimum absolute atomic E-state index is 0.0740. The lowest BCUT2D eigenvalue weighted by Gasteiger charge is -2.18. The summed E-state index contributed by atoms with van der Waals surface area (Å²) in [6, 6.07) is 1.29. The molecule has 7 heteroatoms. The number of aryl methyl sites for hydroxylation is 1. The number of anilines is 1. The smallest absolute Gasteiger partial charge is 0.311 e. The van der Waals surface area contributed by atoms with Crippen LogP contribution in [0, 0.1) is 23.0 Å². The lowest BCUT2D eigenvalue weighted by atomic mass is 10.0. The van der Waals surface area contributed by atoms with Gasteiger partial charge >= 0.3 is 5.69 Å². The van der Waals surface area contributed by atoms with E-state index in [2.05, 4.69) is 10.3 Å². The van der Waals surface area contributed by atoms with Gasteiger partial charge in [0.05, 0.1) is 10.8 Å². The predicted molar refractivity (Wildman–Crippen MR) is 69.6 cm³/mol. The second-order valence-corrected chi connectivity index (χ2v) is 4.83. The fourth-order valence-corrected chi connectivity index (χ4v) is 2.45. The second kappa shape index (κ2) is 5.21. The number of pyridine rings is 1. The van der Waals surface area contributed by atoms with Gasteiger partial charge in [-0.05, 0) is 25.3 Å². The highest BCUT2D eigenvalue weighted by Gasteiger charge is 2.33. The average Bonchev–Trinajstić information content (AvgIpc) is 2.79. The van der Waals surface area contributed by atoms with Crippen LogP contribution in [0.4, 0.5) is 11.5 Å². The summed E-state index contributed by atoms with van der Waals surface area (Å²) in [4.78, 5) is 25.9. The Morgan fingerprint density at radius 2 is 2.32 bits per heavy atom. The van der Waals surface area contributed by atoms with Crippen molar-refractivity contribution >= 4 is 17.4 Å². The molecule has 1 saturated carbocycles. The Morgan fingerprint density at radius 1 is 1.58 bits per heavy atom. The molecule has 1 fully saturated rings. The number of nitro groups is 1. The van der Waals surface area contributed by atoms with E-state index in [1.807, 2.05) is 0 Å².